The minimum atomic E-state index is -0.707. The number of hydrogen-bond donors (Lipinski definition) is 0. The van der Waals surface area contributed by atoms with Gasteiger partial charge in [-0.2, -0.15) is 0 Å². The van der Waals surface area contributed by atoms with Gasteiger partial charge in [0.25, 0.3) is 0 Å². The van der Waals surface area contributed by atoms with E-state index in [1.54, 1.807) is 29.1 Å². The van der Waals surface area contributed by atoms with Gasteiger partial charge in [-0.25, -0.2) is 0 Å². The van der Waals surface area contributed by atoms with Crippen molar-refractivity contribution in [2.45, 2.75) is 31.6 Å². The Kier molecular flexibility index (Phi) is 4.61. The minimum absolute atomic E-state index is 0.0239. The van der Waals surface area contributed by atoms with Crippen molar-refractivity contribution >= 4 is 17.7 Å². The Labute approximate surface area is 175 Å². The van der Waals surface area contributed by atoms with Gasteiger partial charge in [0.15, 0.2) is 0 Å². The predicted molar refractivity (Wildman–Crippen MR) is 107 cm³/mol. The van der Waals surface area contributed by atoms with Crippen molar-refractivity contribution in [1.29, 1.82) is 0 Å². The molecule has 2 bridgehead atoms. The van der Waals surface area contributed by atoms with E-state index in [1.165, 1.54) is 0 Å². The zero-order valence-corrected chi connectivity index (χ0v) is 17.1. The average molecular weight is 410 g/mol. The fraction of sp³-hybridized carbons (Fsp3) is 0.545. The number of carbonyl (C=O) groups is 3. The number of hydrogen-bond acceptors (Lipinski definition) is 5. The van der Waals surface area contributed by atoms with Gasteiger partial charge in [0.1, 0.15) is 5.60 Å². The van der Waals surface area contributed by atoms with E-state index in [2.05, 4.69) is 4.98 Å². The molecule has 0 aliphatic carbocycles. The van der Waals surface area contributed by atoms with Crippen LogP contribution in [0, 0.1) is 11.8 Å². The molecule has 1 spiro atoms. The lowest BCUT2D eigenvalue weighted by molar-refractivity contribution is -0.143. The molecule has 3 fully saturated rings. The van der Waals surface area contributed by atoms with Crippen molar-refractivity contribution in [3.05, 3.63) is 42.2 Å². The van der Waals surface area contributed by atoms with Gasteiger partial charge in [-0.3, -0.25) is 19.4 Å². The molecule has 5 rings (SSSR count). The Morgan fingerprint density at radius 2 is 2.03 bits per heavy atom. The molecule has 5 heterocycles. The van der Waals surface area contributed by atoms with Crippen molar-refractivity contribution in [2.24, 2.45) is 11.8 Å². The summed E-state index contributed by atoms with van der Waals surface area (Å²) in [5.74, 6) is -0.997. The average Bonchev–Trinajstić information content (AvgIpc) is 3.28. The molecule has 1 aromatic rings. The largest absolute Gasteiger partial charge is 0.360 e. The number of aromatic nitrogens is 1. The molecule has 0 saturated carbocycles. The second-order valence-corrected chi connectivity index (χ2v) is 8.64. The zero-order chi connectivity index (χ0) is 20.9. The molecular weight excluding hydrogens is 384 g/mol. The Morgan fingerprint density at radius 1 is 1.23 bits per heavy atom. The van der Waals surface area contributed by atoms with Crippen LogP contribution in [0.1, 0.15) is 18.9 Å². The maximum absolute atomic E-state index is 13.5. The number of rotatable bonds is 3. The summed E-state index contributed by atoms with van der Waals surface area (Å²) in [6, 6.07) is 3.80. The highest BCUT2D eigenvalue weighted by molar-refractivity contribution is 5.93. The molecule has 1 aromatic heterocycles. The molecule has 4 atom stereocenters. The quantitative estimate of drug-likeness (QED) is 0.676. The highest BCUT2D eigenvalue weighted by Gasteiger charge is 2.67. The third kappa shape index (κ3) is 3.01. The first-order chi connectivity index (χ1) is 14.5. The molecule has 0 radical (unpaired) electrons. The van der Waals surface area contributed by atoms with Crippen molar-refractivity contribution in [1.82, 2.24) is 19.7 Å². The van der Waals surface area contributed by atoms with Crippen LogP contribution < -0.4 is 0 Å². The monoisotopic (exact) mass is 410 g/mol. The van der Waals surface area contributed by atoms with E-state index in [9.17, 15) is 14.4 Å². The predicted octanol–water partition coefficient (Wildman–Crippen LogP) is 0.444. The van der Waals surface area contributed by atoms with E-state index in [1.807, 2.05) is 29.2 Å². The van der Waals surface area contributed by atoms with Crippen molar-refractivity contribution in [3.63, 3.8) is 0 Å². The number of pyridine rings is 1. The lowest BCUT2D eigenvalue weighted by atomic mass is 9.76. The summed E-state index contributed by atoms with van der Waals surface area (Å²) in [4.78, 5) is 48.1. The molecule has 2 unspecified atom stereocenters. The summed E-state index contributed by atoms with van der Waals surface area (Å²) in [6.45, 7) is 4.78. The molecule has 8 heteroatoms. The highest BCUT2D eigenvalue weighted by Crippen LogP contribution is 2.52. The molecule has 3 saturated heterocycles. The first-order valence-corrected chi connectivity index (χ1v) is 10.6. The molecule has 158 valence electrons. The smallest absolute Gasteiger partial charge is 0.230 e. The van der Waals surface area contributed by atoms with Gasteiger partial charge in [0, 0.05) is 52.0 Å². The van der Waals surface area contributed by atoms with Crippen LogP contribution in [-0.2, 0) is 25.7 Å². The molecule has 8 nitrogen and oxygen atoms in total. The van der Waals surface area contributed by atoms with E-state index < -0.39 is 17.4 Å². The van der Waals surface area contributed by atoms with Crippen LogP contribution in [0.15, 0.2) is 36.7 Å². The summed E-state index contributed by atoms with van der Waals surface area (Å²) in [6.07, 6.45) is 7.79. The second kappa shape index (κ2) is 7.19. The lowest BCUT2D eigenvalue weighted by Gasteiger charge is -2.29. The van der Waals surface area contributed by atoms with E-state index >= 15 is 0 Å². The van der Waals surface area contributed by atoms with E-state index in [0.717, 1.165) is 12.0 Å². The number of amides is 3. The van der Waals surface area contributed by atoms with Crippen LogP contribution in [0.4, 0.5) is 0 Å². The minimum Gasteiger partial charge on any atom is -0.360 e. The number of fused-ring (bicyclic) bond motifs is 1. The van der Waals surface area contributed by atoms with Crippen LogP contribution >= 0.6 is 0 Å². The fourth-order valence-electron chi connectivity index (χ4n) is 5.37. The molecule has 30 heavy (non-hydrogen) atoms. The Balaban J connectivity index is 1.34. The van der Waals surface area contributed by atoms with Gasteiger partial charge >= 0.3 is 0 Å². The first-order valence-electron chi connectivity index (χ1n) is 10.6. The van der Waals surface area contributed by atoms with Gasteiger partial charge in [-0.15, -0.1) is 0 Å². The normalized spacial score (nSPS) is 32.5. The summed E-state index contributed by atoms with van der Waals surface area (Å²) < 4.78 is 6.24. The number of likely N-dealkylation sites (tertiary alicyclic amines) is 1. The van der Waals surface area contributed by atoms with Crippen LogP contribution in [0.2, 0.25) is 0 Å². The van der Waals surface area contributed by atoms with Gasteiger partial charge in [0.05, 0.1) is 24.5 Å². The van der Waals surface area contributed by atoms with Crippen molar-refractivity contribution < 1.29 is 19.1 Å². The second-order valence-electron chi connectivity index (χ2n) is 8.64. The zero-order valence-electron chi connectivity index (χ0n) is 17.1. The van der Waals surface area contributed by atoms with Gasteiger partial charge in [0.2, 0.25) is 17.7 Å². The Hall–Kier alpha value is -2.74. The summed E-state index contributed by atoms with van der Waals surface area (Å²) >= 11 is 0. The lowest BCUT2D eigenvalue weighted by Crippen LogP contribution is -2.47. The number of nitrogens with zero attached hydrogens (tertiary/aromatic N) is 4. The number of ether oxygens (including phenoxy) is 1. The highest BCUT2D eigenvalue weighted by atomic mass is 16.5. The molecule has 3 amide bonds. The topological polar surface area (TPSA) is 83.1 Å². The standard InChI is InChI=1S/C22H26N4O4/c1-15(27)24-8-3-9-25(11-10-24)20(28)18-17-5-6-22(30-17)14-26(21(29)19(18)22)13-16-4-2-7-23-12-16/h2,4-7,12,17-19H,3,8-11,13-14H2,1H3/t17-,18?,19?,22-/m1/s1. The van der Waals surface area contributed by atoms with Crippen molar-refractivity contribution in [3.8, 4) is 0 Å². The SMILES string of the molecule is CC(=O)N1CCCN(C(=O)C2C3C(=O)N(Cc4cccnc4)C[C@]34C=C[C@H]2O4)CC1. The number of carbonyl (C=O) groups excluding carboxylic acids is 3. The molecular formula is C22H26N4O4. The first kappa shape index (κ1) is 19.2. The van der Waals surface area contributed by atoms with Crippen molar-refractivity contribution in [2.75, 3.05) is 32.7 Å². The van der Waals surface area contributed by atoms with E-state index in [-0.39, 0.29) is 23.8 Å². The van der Waals surface area contributed by atoms with Crippen LogP contribution in [0.5, 0.6) is 0 Å². The Morgan fingerprint density at radius 3 is 2.80 bits per heavy atom. The third-order valence-corrected chi connectivity index (χ3v) is 6.81. The summed E-state index contributed by atoms with van der Waals surface area (Å²) in [7, 11) is 0. The van der Waals surface area contributed by atoms with Crippen LogP contribution in [0.3, 0.4) is 0 Å². The van der Waals surface area contributed by atoms with Gasteiger partial charge < -0.3 is 19.4 Å². The van der Waals surface area contributed by atoms with Gasteiger partial charge in [-0.05, 0) is 18.1 Å². The Bertz CT molecular complexity index is 904. The molecule has 0 aromatic carbocycles. The summed E-state index contributed by atoms with van der Waals surface area (Å²) in [5, 5.41) is 0. The maximum atomic E-state index is 13.5. The molecule has 0 N–H and O–H groups in total. The van der Waals surface area contributed by atoms with Crippen LogP contribution in [0.25, 0.3) is 0 Å². The van der Waals surface area contributed by atoms with Crippen LogP contribution in [-0.4, -0.2) is 81.8 Å². The fourth-order valence-corrected chi connectivity index (χ4v) is 5.37. The summed E-state index contributed by atoms with van der Waals surface area (Å²) in [5.41, 5.74) is 0.252. The van der Waals surface area contributed by atoms with E-state index in [4.69, 9.17) is 4.74 Å². The third-order valence-electron chi connectivity index (χ3n) is 6.81. The molecule has 4 aliphatic rings. The molecule has 4 aliphatic heterocycles. The van der Waals surface area contributed by atoms with E-state index in [0.29, 0.717) is 39.3 Å². The maximum Gasteiger partial charge on any atom is 0.230 e. The van der Waals surface area contributed by atoms with Gasteiger partial charge in [-0.1, -0.05) is 18.2 Å².